The summed E-state index contributed by atoms with van der Waals surface area (Å²) in [5.41, 5.74) is 13.1. The predicted octanol–water partition coefficient (Wildman–Crippen LogP) is 0.804. The molecule has 4 N–H and O–H groups in total. The second-order valence-corrected chi connectivity index (χ2v) is 3.04. The number of carbonyl (C=O) groups excluding carboxylic acids is 1. The monoisotopic (exact) mass is 188 g/mol. The number of hydrogen-bond donors (Lipinski definition) is 2. The van der Waals surface area contributed by atoms with Crippen molar-refractivity contribution < 1.29 is 4.79 Å². The fraction of sp³-hybridized carbons (Fsp3) is 0.182. The van der Waals surface area contributed by atoms with Crippen LogP contribution in [0.25, 0.3) is 0 Å². The van der Waals surface area contributed by atoms with Gasteiger partial charge < -0.3 is 11.5 Å². The van der Waals surface area contributed by atoms with Crippen molar-refractivity contribution in [2.45, 2.75) is 13.3 Å². The van der Waals surface area contributed by atoms with Gasteiger partial charge in [0.1, 0.15) is 0 Å². The number of carbonyl (C=O) groups is 1. The highest BCUT2D eigenvalue weighted by Crippen LogP contribution is 2.11. The Morgan fingerprint density at radius 3 is 2.79 bits per heavy atom. The van der Waals surface area contributed by atoms with Gasteiger partial charge in [0.2, 0.25) is 5.91 Å². The smallest absolute Gasteiger partial charge is 0.229 e. The number of amides is 1. The number of primary amides is 1. The first-order chi connectivity index (χ1) is 6.59. The van der Waals surface area contributed by atoms with Crippen molar-refractivity contribution >= 4 is 11.6 Å². The first-order valence-corrected chi connectivity index (χ1v) is 4.23. The Morgan fingerprint density at radius 1 is 1.50 bits per heavy atom. The van der Waals surface area contributed by atoms with Crippen LogP contribution in [0, 0.1) is 18.8 Å². The first kappa shape index (κ1) is 10.1. The molecule has 0 aliphatic heterocycles. The lowest BCUT2D eigenvalue weighted by Crippen LogP contribution is -2.08. The lowest BCUT2D eigenvalue weighted by atomic mass is 10.1. The third kappa shape index (κ3) is 2.83. The molecule has 3 heteroatoms. The second-order valence-electron chi connectivity index (χ2n) is 3.04. The Labute approximate surface area is 83.1 Å². The van der Waals surface area contributed by atoms with Gasteiger partial charge in [0, 0.05) is 11.3 Å². The van der Waals surface area contributed by atoms with Crippen molar-refractivity contribution in [2.24, 2.45) is 5.73 Å². The van der Waals surface area contributed by atoms with Crippen LogP contribution < -0.4 is 11.5 Å². The highest BCUT2D eigenvalue weighted by Gasteiger charge is 1.94. The molecule has 1 aromatic rings. The molecule has 3 nitrogen and oxygen atoms in total. The van der Waals surface area contributed by atoms with E-state index in [9.17, 15) is 4.79 Å². The zero-order valence-corrected chi connectivity index (χ0v) is 8.00. The van der Waals surface area contributed by atoms with E-state index in [2.05, 4.69) is 11.8 Å². The van der Waals surface area contributed by atoms with Crippen LogP contribution in [0.1, 0.15) is 17.5 Å². The van der Waals surface area contributed by atoms with E-state index in [0.29, 0.717) is 5.69 Å². The van der Waals surface area contributed by atoms with Gasteiger partial charge in [-0.15, -0.1) is 0 Å². The Hall–Kier alpha value is -1.95. The lowest BCUT2D eigenvalue weighted by Gasteiger charge is -1.98. The number of benzene rings is 1. The van der Waals surface area contributed by atoms with Gasteiger partial charge >= 0.3 is 0 Å². The van der Waals surface area contributed by atoms with E-state index < -0.39 is 5.91 Å². The van der Waals surface area contributed by atoms with E-state index in [1.54, 1.807) is 0 Å². The van der Waals surface area contributed by atoms with Crippen molar-refractivity contribution in [3.8, 4) is 11.8 Å². The molecule has 1 aromatic carbocycles. The van der Waals surface area contributed by atoms with E-state index >= 15 is 0 Å². The minimum atomic E-state index is -0.428. The molecule has 0 aliphatic carbocycles. The fourth-order valence-electron chi connectivity index (χ4n) is 1.02. The average molecular weight is 188 g/mol. The third-order valence-corrected chi connectivity index (χ3v) is 1.69. The number of hydrogen-bond acceptors (Lipinski definition) is 2. The molecule has 1 amide bonds. The maximum atomic E-state index is 10.4. The van der Waals surface area contributed by atoms with Gasteiger partial charge in [-0.1, -0.05) is 17.9 Å². The van der Waals surface area contributed by atoms with Crippen molar-refractivity contribution in [1.29, 1.82) is 0 Å². The summed E-state index contributed by atoms with van der Waals surface area (Å²) in [6.45, 7) is 1.96. The molecule has 0 saturated heterocycles. The molecular formula is C11H12N2O. The van der Waals surface area contributed by atoms with Gasteiger partial charge in [0.15, 0.2) is 0 Å². The van der Waals surface area contributed by atoms with Gasteiger partial charge in [-0.2, -0.15) is 0 Å². The van der Waals surface area contributed by atoms with Crippen LogP contribution in [0.3, 0.4) is 0 Å². The maximum absolute atomic E-state index is 10.4. The standard InChI is InChI=1S/C11H12N2O/c1-8-5-6-9(10(12)7-8)3-2-4-11(13)14/h5-7H,4,12H2,1H3,(H2,13,14). The summed E-state index contributed by atoms with van der Waals surface area (Å²) in [4.78, 5) is 10.4. The Bertz CT molecular complexity index is 413. The van der Waals surface area contributed by atoms with Gasteiger partial charge in [-0.25, -0.2) is 0 Å². The number of anilines is 1. The quantitative estimate of drug-likeness (QED) is 0.505. The molecule has 0 heterocycles. The van der Waals surface area contributed by atoms with Crippen LogP contribution in [0.5, 0.6) is 0 Å². The third-order valence-electron chi connectivity index (χ3n) is 1.69. The molecule has 0 bridgehead atoms. The molecule has 0 unspecified atom stereocenters. The number of rotatable bonds is 1. The molecule has 0 spiro atoms. The normalized spacial score (nSPS) is 8.93. The minimum Gasteiger partial charge on any atom is -0.398 e. The Kier molecular flexibility index (Phi) is 3.14. The summed E-state index contributed by atoms with van der Waals surface area (Å²) in [6.07, 6.45) is 0.0628. The summed E-state index contributed by atoms with van der Waals surface area (Å²) in [5, 5.41) is 0. The Balaban J connectivity index is 2.85. The molecule has 14 heavy (non-hydrogen) atoms. The minimum absolute atomic E-state index is 0.0628. The Morgan fingerprint density at radius 2 is 2.21 bits per heavy atom. The second kappa shape index (κ2) is 4.33. The van der Waals surface area contributed by atoms with Gasteiger partial charge in [-0.3, -0.25) is 4.79 Å². The SMILES string of the molecule is Cc1ccc(C#CCC(N)=O)c(N)c1. The van der Waals surface area contributed by atoms with Crippen molar-refractivity contribution in [1.82, 2.24) is 0 Å². The molecule has 0 atom stereocenters. The highest BCUT2D eigenvalue weighted by atomic mass is 16.1. The van der Waals surface area contributed by atoms with Crippen molar-refractivity contribution in [2.75, 3.05) is 5.73 Å². The summed E-state index contributed by atoms with van der Waals surface area (Å²) >= 11 is 0. The molecule has 72 valence electrons. The zero-order valence-electron chi connectivity index (χ0n) is 8.00. The number of nitrogen functional groups attached to an aromatic ring is 1. The molecule has 1 rings (SSSR count). The van der Waals surface area contributed by atoms with E-state index in [1.165, 1.54) is 0 Å². The number of aryl methyl sites for hydroxylation is 1. The summed E-state index contributed by atoms with van der Waals surface area (Å²) < 4.78 is 0. The molecule has 0 saturated carbocycles. The van der Waals surface area contributed by atoms with E-state index in [1.807, 2.05) is 25.1 Å². The molecular weight excluding hydrogens is 176 g/mol. The summed E-state index contributed by atoms with van der Waals surface area (Å²) in [7, 11) is 0. The van der Waals surface area contributed by atoms with Gasteiger partial charge in [0.05, 0.1) is 6.42 Å². The van der Waals surface area contributed by atoms with E-state index in [-0.39, 0.29) is 6.42 Å². The number of nitrogens with two attached hydrogens (primary N) is 2. The zero-order chi connectivity index (χ0) is 10.6. The topological polar surface area (TPSA) is 69.1 Å². The van der Waals surface area contributed by atoms with E-state index in [0.717, 1.165) is 11.1 Å². The van der Waals surface area contributed by atoms with Crippen LogP contribution in [0.2, 0.25) is 0 Å². The summed E-state index contributed by atoms with van der Waals surface area (Å²) in [6, 6.07) is 5.59. The molecule has 0 fully saturated rings. The van der Waals surface area contributed by atoms with E-state index in [4.69, 9.17) is 11.5 Å². The van der Waals surface area contributed by atoms with Crippen molar-refractivity contribution in [3.05, 3.63) is 29.3 Å². The average Bonchev–Trinajstić information content (AvgIpc) is 2.08. The molecule has 0 aliphatic rings. The van der Waals surface area contributed by atoms with Crippen LogP contribution in [0.15, 0.2) is 18.2 Å². The maximum Gasteiger partial charge on any atom is 0.229 e. The summed E-state index contributed by atoms with van der Waals surface area (Å²) in [5.74, 6) is 5.02. The molecule has 0 radical (unpaired) electrons. The van der Waals surface area contributed by atoms with Crippen LogP contribution in [-0.4, -0.2) is 5.91 Å². The van der Waals surface area contributed by atoms with Crippen molar-refractivity contribution in [3.63, 3.8) is 0 Å². The largest absolute Gasteiger partial charge is 0.398 e. The first-order valence-electron chi connectivity index (χ1n) is 4.23. The highest BCUT2D eigenvalue weighted by molar-refractivity contribution is 5.76. The lowest BCUT2D eigenvalue weighted by molar-refractivity contribution is -0.117. The van der Waals surface area contributed by atoms with Crippen LogP contribution >= 0.6 is 0 Å². The van der Waals surface area contributed by atoms with Gasteiger partial charge in [-0.05, 0) is 24.6 Å². The van der Waals surface area contributed by atoms with Crippen LogP contribution in [-0.2, 0) is 4.79 Å². The predicted molar refractivity (Wildman–Crippen MR) is 56.3 cm³/mol. The van der Waals surface area contributed by atoms with Crippen LogP contribution in [0.4, 0.5) is 5.69 Å². The van der Waals surface area contributed by atoms with Gasteiger partial charge in [0.25, 0.3) is 0 Å². The molecule has 0 aromatic heterocycles. The fourth-order valence-corrected chi connectivity index (χ4v) is 1.02.